The van der Waals surface area contributed by atoms with Crippen molar-refractivity contribution < 1.29 is 0 Å². The highest BCUT2D eigenvalue weighted by Gasteiger charge is 2.31. The number of anilines is 1. The van der Waals surface area contributed by atoms with Crippen LogP contribution >= 0.6 is 0 Å². The Morgan fingerprint density at radius 3 is 2.68 bits per heavy atom. The minimum absolute atomic E-state index is 0.0624. The number of nitriles is 1. The first-order valence-electron chi connectivity index (χ1n) is 8.33. The second-order valence-electron chi connectivity index (χ2n) is 7.28. The van der Waals surface area contributed by atoms with E-state index in [-0.39, 0.29) is 17.0 Å². The van der Waals surface area contributed by atoms with Gasteiger partial charge in [-0.1, -0.05) is 20.8 Å². The number of rotatable bonds is 2. The highest BCUT2D eigenvalue weighted by molar-refractivity contribution is 5.61. The zero-order chi connectivity index (χ0) is 18.0. The van der Waals surface area contributed by atoms with Crippen molar-refractivity contribution in [2.45, 2.75) is 26.8 Å². The fourth-order valence-corrected chi connectivity index (χ4v) is 2.96. The van der Waals surface area contributed by atoms with E-state index in [1.807, 2.05) is 11.0 Å². The van der Waals surface area contributed by atoms with E-state index in [4.69, 9.17) is 0 Å². The molecule has 0 radical (unpaired) electrons. The number of aromatic amines is 1. The molecule has 1 saturated heterocycles. The zero-order valence-corrected chi connectivity index (χ0v) is 14.7. The lowest BCUT2D eigenvalue weighted by molar-refractivity contribution is 0.253. The molecule has 2 aromatic heterocycles. The molecule has 0 aromatic carbocycles. The van der Waals surface area contributed by atoms with Gasteiger partial charge in [0.25, 0.3) is 5.56 Å². The molecule has 2 aromatic rings. The van der Waals surface area contributed by atoms with E-state index < -0.39 is 5.56 Å². The molecule has 0 spiro atoms. The fourth-order valence-electron chi connectivity index (χ4n) is 2.96. The monoisotopic (exact) mass is 338 g/mol. The Hall–Kier alpha value is -2.72. The maximum absolute atomic E-state index is 12.4. The Bertz CT molecular complexity index is 847. The molecule has 0 amide bonds. The van der Waals surface area contributed by atoms with Gasteiger partial charge < -0.3 is 15.2 Å². The number of nitrogens with zero attached hydrogens (tertiary/aromatic N) is 4. The van der Waals surface area contributed by atoms with Crippen LogP contribution in [0.4, 0.5) is 5.82 Å². The van der Waals surface area contributed by atoms with Crippen molar-refractivity contribution in [3.05, 3.63) is 40.4 Å². The molecular weight excluding hydrogens is 316 g/mol. The van der Waals surface area contributed by atoms with E-state index in [9.17, 15) is 10.1 Å². The van der Waals surface area contributed by atoms with Crippen LogP contribution in [0.15, 0.2) is 29.3 Å². The second kappa shape index (κ2) is 6.65. The first kappa shape index (κ1) is 17.1. The fraction of sp³-hybridized carbons (Fsp3) is 0.444. The van der Waals surface area contributed by atoms with E-state index in [0.717, 1.165) is 12.1 Å². The standard InChI is InChI=1S/C18H22N6O/c1-18(2,3)14-11-24(9-8-21-14)16-13(10-19)17(25)23-15(22-16)12-4-6-20-7-5-12/h4-7,14,21H,8-9,11H2,1-3H3,(H,22,23,25). The van der Waals surface area contributed by atoms with Gasteiger partial charge in [0.15, 0.2) is 11.4 Å². The van der Waals surface area contributed by atoms with Crippen molar-refractivity contribution in [3.8, 4) is 17.5 Å². The van der Waals surface area contributed by atoms with Gasteiger partial charge in [0, 0.05) is 43.6 Å². The van der Waals surface area contributed by atoms with Crippen molar-refractivity contribution in [3.63, 3.8) is 0 Å². The molecule has 1 aliphatic heterocycles. The number of nitrogens with one attached hydrogen (secondary N) is 2. The Morgan fingerprint density at radius 1 is 1.32 bits per heavy atom. The SMILES string of the molecule is CC(C)(C)C1CN(c2nc(-c3ccncc3)[nH]c(=O)c2C#N)CCN1. The third kappa shape index (κ3) is 3.54. The predicted octanol–water partition coefficient (Wildman–Crippen LogP) is 1.53. The van der Waals surface area contributed by atoms with E-state index in [0.29, 0.717) is 24.7 Å². The topological polar surface area (TPSA) is 97.7 Å². The minimum atomic E-state index is -0.412. The smallest absolute Gasteiger partial charge is 0.271 e. The quantitative estimate of drug-likeness (QED) is 0.862. The third-order valence-electron chi connectivity index (χ3n) is 4.49. The summed E-state index contributed by atoms with van der Waals surface area (Å²) in [4.78, 5) is 25.7. The van der Waals surface area contributed by atoms with Crippen LogP contribution < -0.4 is 15.8 Å². The van der Waals surface area contributed by atoms with Crippen LogP contribution in [0.1, 0.15) is 26.3 Å². The van der Waals surface area contributed by atoms with Crippen LogP contribution in [0, 0.1) is 16.7 Å². The lowest BCUT2D eigenvalue weighted by Gasteiger charge is -2.41. The van der Waals surface area contributed by atoms with E-state index in [2.05, 4.69) is 41.0 Å². The van der Waals surface area contributed by atoms with Crippen molar-refractivity contribution in [1.82, 2.24) is 20.3 Å². The molecule has 25 heavy (non-hydrogen) atoms. The normalized spacial score (nSPS) is 18.0. The van der Waals surface area contributed by atoms with E-state index in [1.54, 1.807) is 24.5 Å². The number of pyridine rings is 1. The van der Waals surface area contributed by atoms with Crippen LogP contribution in [-0.4, -0.2) is 40.6 Å². The summed E-state index contributed by atoms with van der Waals surface area (Å²) in [6, 6.07) is 5.82. The molecule has 0 saturated carbocycles. The summed E-state index contributed by atoms with van der Waals surface area (Å²) >= 11 is 0. The maximum Gasteiger partial charge on any atom is 0.271 e. The van der Waals surface area contributed by atoms with E-state index >= 15 is 0 Å². The number of hydrogen-bond donors (Lipinski definition) is 2. The van der Waals surface area contributed by atoms with Gasteiger partial charge in [-0.25, -0.2) is 4.98 Å². The van der Waals surface area contributed by atoms with Gasteiger partial charge >= 0.3 is 0 Å². The van der Waals surface area contributed by atoms with Crippen molar-refractivity contribution in [1.29, 1.82) is 5.26 Å². The van der Waals surface area contributed by atoms with Crippen LogP contribution in [0.3, 0.4) is 0 Å². The number of piperazine rings is 1. The summed E-state index contributed by atoms with van der Waals surface area (Å²) in [5.41, 5.74) is 0.485. The molecule has 7 nitrogen and oxygen atoms in total. The summed E-state index contributed by atoms with van der Waals surface area (Å²) in [6.07, 6.45) is 3.29. The van der Waals surface area contributed by atoms with Crippen LogP contribution in [-0.2, 0) is 0 Å². The summed E-state index contributed by atoms with van der Waals surface area (Å²) in [5, 5.41) is 13.0. The zero-order valence-electron chi connectivity index (χ0n) is 14.7. The molecule has 2 N–H and O–H groups in total. The van der Waals surface area contributed by atoms with Crippen molar-refractivity contribution >= 4 is 5.82 Å². The average molecular weight is 338 g/mol. The third-order valence-corrected chi connectivity index (χ3v) is 4.49. The predicted molar refractivity (Wildman–Crippen MR) is 96.3 cm³/mol. The minimum Gasteiger partial charge on any atom is -0.352 e. The second-order valence-corrected chi connectivity index (χ2v) is 7.28. The van der Waals surface area contributed by atoms with Crippen LogP contribution in [0.25, 0.3) is 11.4 Å². The first-order chi connectivity index (χ1) is 11.9. The molecule has 7 heteroatoms. The highest BCUT2D eigenvalue weighted by atomic mass is 16.1. The summed E-state index contributed by atoms with van der Waals surface area (Å²) in [6.45, 7) is 8.71. The largest absolute Gasteiger partial charge is 0.352 e. The van der Waals surface area contributed by atoms with Crippen LogP contribution in [0.5, 0.6) is 0 Å². The number of H-pyrrole nitrogens is 1. The van der Waals surface area contributed by atoms with Gasteiger partial charge in [-0.2, -0.15) is 5.26 Å². The van der Waals surface area contributed by atoms with E-state index in [1.165, 1.54) is 0 Å². The molecule has 0 bridgehead atoms. The Labute approximate surface area is 146 Å². The molecular formula is C18H22N6O. The summed E-state index contributed by atoms with van der Waals surface area (Å²) in [7, 11) is 0. The molecule has 1 unspecified atom stereocenters. The van der Waals surface area contributed by atoms with Gasteiger partial charge in [-0.05, 0) is 17.5 Å². The van der Waals surface area contributed by atoms with Gasteiger partial charge in [0.1, 0.15) is 11.9 Å². The van der Waals surface area contributed by atoms with Gasteiger partial charge in [0.2, 0.25) is 0 Å². The molecule has 1 atom stereocenters. The van der Waals surface area contributed by atoms with Crippen molar-refractivity contribution in [2.24, 2.45) is 5.41 Å². The Kier molecular flexibility index (Phi) is 4.55. The Balaban J connectivity index is 2.04. The van der Waals surface area contributed by atoms with Gasteiger partial charge in [0.05, 0.1) is 0 Å². The van der Waals surface area contributed by atoms with Gasteiger partial charge in [-0.15, -0.1) is 0 Å². The summed E-state index contributed by atoms with van der Waals surface area (Å²) < 4.78 is 0. The molecule has 1 fully saturated rings. The molecule has 130 valence electrons. The molecule has 3 rings (SSSR count). The Morgan fingerprint density at radius 2 is 2.04 bits per heavy atom. The maximum atomic E-state index is 12.4. The lowest BCUT2D eigenvalue weighted by Crippen LogP contribution is -2.56. The molecule has 1 aliphatic rings. The number of hydrogen-bond acceptors (Lipinski definition) is 6. The lowest BCUT2D eigenvalue weighted by atomic mass is 9.85. The first-order valence-corrected chi connectivity index (χ1v) is 8.33. The average Bonchev–Trinajstić information content (AvgIpc) is 2.61. The van der Waals surface area contributed by atoms with Gasteiger partial charge in [-0.3, -0.25) is 9.78 Å². The van der Waals surface area contributed by atoms with Crippen LogP contribution in [0.2, 0.25) is 0 Å². The highest BCUT2D eigenvalue weighted by Crippen LogP contribution is 2.26. The molecule has 0 aliphatic carbocycles. The molecule has 3 heterocycles. The number of aromatic nitrogens is 3. The van der Waals surface area contributed by atoms with Crippen molar-refractivity contribution in [2.75, 3.05) is 24.5 Å². The summed E-state index contributed by atoms with van der Waals surface area (Å²) in [5.74, 6) is 0.904.